The van der Waals surface area contributed by atoms with Crippen LogP contribution in [0.15, 0.2) is 30.3 Å². The van der Waals surface area contributed by atoms with Gasteiger partial charge in [0.15, 0.2) is 0 Å². The van der Waals surface area contributed by atoms with Gasteiger partial charge < -0.3 is 10.4 Å². The van der Waals surface area contributed by atoms with Crippen LogP contribution in [-0.2, 0) is 4.79 Å². The molecule has 0 radical (unpaired) electrons. The van der Waals surface area contributed by atoms with Gasteiger partial charge in [0, 0.05) is 19.5 Å². The van der Waals surface area contributed by atoms with Crippen molar-refractivity contribution in [1.29, 1.82) is 0 Å². The Balaban J connectivity index is 0.000000364. The maximum absolute atomic E-state index is 10.9. The fourth-order valence-corrected chi connectivity index (χ4v) is 0.734. The highest BCUT2D eigenvalue weighted by Crippen LogP contribution is 1.96. The van der Waals surface area contributed by atoms with Crippen molar-refractivity contribution in [3.8, 4) is 0 Å². The molecule has 76 valence electrons. The predicted octanol–water partition coefficient (Wildman–Crippen LogP) is 1.14. The zero-order valence-corrected chi connectivity index (χ0v) is 8.15. The number of benzene rings is 1. The van der Waals surface area contributed by atoms with E-state index >= 15 is 0 Å². The molecule has 4 nitrogen and oxygen atoms in total. The van der Waals surface area contributed by atoms with E-state index in [1.165, 1.54) is 0 Å². The van der Waals surface area contributed by atoms with Crippen LogP contribution in [0.25, 0.3) is 0 Å². The van der Waals surface area contributed by atoms with Gasteiger partial charge in [-0.1, -0.05) is 18.2 Å². The van der Waals surface area contributed by atoms with Crippen molar-refractivity contribution < 1.29 is 14.7 Å². The van der Waals surface area contributed by atoms with Gasteiger partial charge in [-0.05, 0) is 12.1 Å². The SMILES string of the molecule is CC(=O)O.CNC(=O)c1ccccc1. The van der Waals surface area contributed by atoms with Gasteiger partial charge in [-0.2, -0.15) is 0 Å². The number of carbonyl (C=O) groups is 2. The largest absolute Gasteiger partial charge is 0.481 e. The van der Waals surface area contributed by atoms with Crippen molar-refractivity contribution in [2.24, 2.45) is 0 Å². The van der Waals surface area contributed by atoms with Gasteiger partial charge in [-0.25, -0.2) is 0 Å². The second kappa shape index (κ2) is 6.65. The van der Waals surface area contributed by atoms with Crippen molar-refractivity contribution >= 4 is 11.9 Å². The molecular weight excluding hydrogens is 182 g/mol. The number of carboxylic acid groups (broad SMARTS) is 1. The third kappa shape index (κ3) is 5.77. The molecule has 14 heavy (non-hydrogen) atoms. The van der Waals surface area contributed by atoms with E-state index in [0.717, 1.165) is 6.92 Å². The Hall–Kier alpha value is -1.84. The van der Waals surface area contributed by atoms with Gasteiger partial charge in [0.1, 0.15) is 0 Å². The quantitative estimate of drug-likeness (QED) is 0.706. The lowest BCUT2D eigenvalue weighted by atomic mass is 10.2. The van der Waals surface area contributed by atoms with Crippen LogP contribution in [0.2, 0.25) is 0 Å². The van der Waals surface area contributed by atoms with Crippen molar-refractivity contribution in [3.63, 3.8) is 0 Å². The van der Waals surface area contributed by atoms with Crippen molar-refractivity contribution in [3.05, 3.63) is 35.9 Å². The first kappa shape index (κ1) is 12.2. The van der Waals surface area contributed by atoms with Gasteiger partial charge in [0.05, 0.1) is 0 Å². The van der Waals surface area contributed by atoms with Gasteiger partial charge in [-0.15, -0.1) is 0 Å². The molecular formula is C10H13NO3. The maximum atomic E-state index is 10.9. The Labute approximate surface area is 82.6 Å². The van der Waals surface area contributed by atoms with Crippen LogP contribution in [0.4, 0.5) is 0 Å². The predicted molar refractivity (Wildman–Crippen MR) is 53.1 cm³/mol. The molecule has 0 atom stereocenters. The van der Waals surface area contributed by atoms with Crippen molar-refractivity contribution in [2.75, 3.05) is 7.05 Å². The zero-order chi connectivity index (χ0) is 11.0. The number of nitrogens with one attached hydrogen (secondary N) is 1. The summed E-state index contributed by atoms with van der Waals surface area (Å²) in [4.78, 5) is 19.9. The van der Waals surface area contributed by atoms with Crippen molar-refractivity contribution in [2.45, 2.75) is 6.92 Å². The summed E-state index contributed by atoms with van der Waals surface area (Å²) in [6.07, 6.45) is 0. The van der Waals surface area contributed by atoms with E-state index in [-0.39, 0.29) is 5.91 Å². The third-order valence-corrected chi connectivity index (χ3v) is 1.26. The lowest BCUT2D eigenvalue weighted by Crippen LogP contribution is -2.17. The average molecular weight is 195 g/mol. The van der Waals surface area contributed by atoms with E-state index in [0.29, 0.717) is 5.56 Å². The molecule has 0 unspecified atom stereocenters. The zero-order valence-electron chi connectivity index (χ0n) is 8.15. The van der Waals surface area contributed by atoms with Gasteiger partial charge in [0.2, 0.25) is 0 Å². The molecule has 0 aliphatic rings. The molecule has 1 amide bonds. The molecule has 1 rings (SSSR count). The highest BCUT2D eigenvalue weighted by Gasteiger charge is 1.97. The number of amides is 1. The molecule has 0 spiro atoms. The monoisotopic (exact) mass is 195 g/mol. The molecule has 0 saturated carbocycles. The molecule has 0 aliphatic heterocycles. The molecule has 1 aromatic carbocycles. The van der Waals surface area contributed by atoms with Gasteiger partial charge in [0.25, 0.3) is 11.9 Å². The number of carboxylic acids is 1. The summed E-state index contributed by atoms with van der Waals surface area (Å²) in [5.74, 6) is -0.874. The number of hydrogen-bond donors (Lipinski definition) is 2. The van der Waals surface area contributed by atoms with Crippen molar-refractivity contribution in [1.82, 2.24) is 5.32 Å². The van der Waals surface area contributed by atoms with Crippen LogP contribution in [0.5, 0.6) is 0 Å². The van der Waals surface area contributed by atoms with Crippen LogP contribution >= 0.6 is 0 Å². The number of carbonyl (C=O) groups excluding carboxylic acids is 1. The lowest BCUT2D eigenvalue weighted by Gasteiger charge is -1.96. The molecule has 2 N–H and O–H groups in total. The second-order valence-electron chi connectivity index (χ2n) is 2.46. The summed E-state index contributed by atoms with van der Waals surface area (Å²) in [6, 6.07) is 9.11. The standard InChI is InChI=1S/C8H9NO.C2H4O2/c1-9-8(10)7-5-3-2-4-6-7;1-2(3)4/h2-6H,1H3,(H,9,10);1H3,(H,3,4). The molecule has 0 aromatic heterocycles. The first-order valence-electron chi connectivity index (χ1n) is 4.04. The highest BCUT2D eigenvalue weighted by atomic mass is 16.4. The fourth-order valence-electron chi connectivity index (χ4n) is 0.734. The van der Waals surface area contributed by atoms with E-state index in [9.17, 15) is 4.79 Å². The molecule has 1 aromatic rings. The number of aliphatic carboxylic acids is 1. The highest BCUT2D eigenvalue weighted by molar-refractivity contribution is 5.93. The Kier molecular flexibility index (Phi) is 5.78. The summed E-state index contributed by atoms with van der Waals surface area (Å²) in [6.45, 7) is 1.08. The first-order valence-corrected chi connectivity index (χ1v) is 4.04. The molecule has 4 heteroatoms. The summed E-state index contributed by atoms with van der Waals surface area (Å²) < 4.78 is 0. The maximum Gasteiger partial charge on any atom is 0.300 e. The number of hydrogen-bond acceptors (Lipinski definition) is 2. The Morgan fingerprint density at radius 1 is 1.21 bits per heavy atom. The van der Waals surface area contributed by atoms with E-state index < -0.39 is 5.97 Å². The molecule has 0 heterocycles. The third-order valence-electron chi connectivity index (χ3n) is 1.26. The van der Waals surface area contributed by atoms with Crippen LogP contribution in [0.1, 0.15) is 17.3 Å². The van der Waals surface area contributed by atoms with Crippen LogP contribution < -0.4 is 5.32 Å². The topological polar surface area (TPSA) is 66.4 Å². The molecule has 0 fully saturated rings. The van der Waals surface area contributed by atoms with Crippen LogP contribution in [0, 0.1) is 0 Å². The molecule has 0 bridgehead atoms. The average Bonchev–Trinajstić information content (AvgIpc) is 2.17. The van der Waals surface area contributed by atoms with E-state index in [4.69, 9.17) is 9.90 Å². The minimum atomic E-state index is -0.833. The van der Waals surface area contributed by atoms with Crippen LogP contribution in [-0.4, -0.2) is 24.0 Å². The van der Waals surface area contributed by atoms with E-state index in [1.54, 1.807) is 19.2 Å². The van der Waals surface area contributed by atoms with Crippen LogP contribution in [0.3, 0.4) is 0 Å². The summed E-state index contributed by atoms with van der Waals surface area (Å²) in [7, 11) is 1.62. The minimum Gasteiger partial charge on any atom is -0.481 e. The van der Waals surface area contributed by atoms with Gasteiger partial charge >= 0.3 is 0 Å². The van der Waals surface area contributed by atoms with E-state index in [1.807, 2.05) is 18.2 Å². The normalized spacial score (nSPS) is 8.14. The fraction of sp³-hybridized carbons (Fsp3) is 0.200. The summed E-state index contributed by atoms with van der Waals surface area (Å²) >= 11 is 0. The van der Waals surface area contributed by atoms with Gasteiger partial charge in [-0.3, -0.25) is 9.59 Å². The Morgan fingerprint density at radius 3 is 2.00 bits per heavy atom. The summed E-state index contributed by atoms with van der Waals surface area (Å²) in [5, 5.41) is 9.96. The molecule has 0 saturated heterocycles. The first-order chi connectivity index (χ1) is 6.57. The smallest absolute Gasteiger partial charge is 0.300 e. The Bertz CT molecular complexity index is 291. The Morgan fingerprint density at radius 2 is 1.64 bits per heavy atom. The lowest BCUT2D eigenvalue weighted by molar-refractivity contribution is -0.134. The number of rotatable bonds is 1. The minimum absolute atomic E-state index is 0.0411. The van der Waals surface area contributed by atoms with E-state index in [2.05, 4.69) is 5.32 Å². The summed E-state index contributed by atoms with van der Waals surface area (Å²) in [5.41, 5.74) is 0.699. The second-order valence-corrected chi connectivity index (χ2v) is 2.46. The molecule has 0 aliphatic carbocycles.